The molecular formula is C11H20N2O2. The minimum Gasteiger partial charge on any atom is -0.396 e. The van der Waals surface area contributed by atoms with Gasteiger partial charge >= 0.3 is 0 Å². The molecule has 1 aliphatic heterocycles. The van der Waals surface area contributed by atoms with Crippen LogP contribution in [-0.2, 0) is 4.79 Å². The van der Waals surface area contributed by atoms with Gasteiger partial charge in [0.1, 0.15) is 0 Å². The largest absolute Gasteiger partial charge is 0.396 e. The molecule has 0 aromatic carbocycles. The van der Waals surface area contributed by atoms with E-state index in [-0.39, 0.29) is 30.5 Å². The second-order valence-corrected chi connectivity index (χ2v) is 4.64. The summed E-state index contributed by atoms with van der Waals surface area (Å²) in [4.78, 5) is 11.8. The molecule has 0 aromatic rings. The number of aliphatic hydroxyl groups is 1. The zero-order valence-corrected chi connectivity index (χ0v) is 9.04. The maximum absolute atomic E-state index is 11.8. The van der Waals surface area contributed by atoms with Crippen molar-refractivity contribution >= 4 is 5.91 Å². The lowest BCUT2D eigenvalue weighted by Gasteiger charge is -2.21. The molecule has 1 saturated carbocycles. The fourth-order valence-electron chi connectivity index (χ4n) is 2.64. The molecule has 0 aromatic heterocycles. The van der Waals surface area contributed by atoms with Crippen LogP contribution in [0.25, 0.3) is 0 Å². The van der Waals surface area contributed by atoms with Crippen molar-refractivity contribution in [3.8, 4) is 0 Å². The van der Waals surface area contributed by atoms with Crippen LogP contribution in [0.1, 0.15) is 32.1 Å². The maximum Gasteiger partial charge on any atom is 0.237 e. The Morgan fingerprint density at radius 2 is 2.20 bits per heavy atom. The van der Waals surface area contributed by atoms with Crippen LogP contribution in [0.5, 0.6) is 0 Å². The third kappa shape index (κ3) is 2.49. The molecule has 2 aliphatic rings. The van der Waals surface area contributed by atoms with Gasteiger partial charge in [0.05, 0.1) is 6.04 Å². The first-order valence-corrected chi connectivity index (χ1v) is 5.96. The second-order valence-electron chi connectivity index (χ2n) is 4.64. The van der Waals surface area contributed by atoms with Crippen LogP contribution < -0.4 is 10.6 Å². The number of amides is 1. The van der Waals surface area contributed by atoms with E-state index < -0.39 is 0 Å². The average molecular weight is 212 g/mol. The van der Waals surface area contributed by atoms with Crippen molar-refractivity contribution in [1.82, 2.24) is 10.6 Å². The van der Waals surface area contributed by atoms with Gasteiger partial charge in [0.25, 0.3) is 0 Å². The third-order valence-corrected chi connectivity index (χ3v) is 3.60. The first-order chi connectivity index (χ1) is 7.31. The molecule has 1 amide bonds. The predicted molar refractivity (Wildman–Crippen MR) is 57.4 cm³/mol. The first-order valence-electron chi connectivity index (χ1n) is 5.96. The third-order valence-electron chi connectivity index (χ3n) is 3.60. The van der Waals surface area contributed by atoms with Crippen molar-refractivity contribution in [3.05, 3.63) is 0 Å². The van der Waals surface area contributed by atoms with Gasteiger partial charge in [-0.05, 0) is 32.2 Å². The number of nitrogens with one attached hydrogen (secondary N) is 2. The number of aliphatic hydroxyl groups excluding tert-OH is 1. The zero-order valence-electron chi connectivity index (χ0n) is 9.04. The van der Waals surface area contributed by atoms with Crippen molar-refractivity contribution < 1.29 is 9.90 Å². The fraction of sp³-hybridized carbons (Fsp3) is 0.909. The first kappa shape index (κ1) is 10.9. The Morgan fingerprint density at radius 1 is 1.33 bits per heavy atom. The summed E-state index contributed by atoms with van der Waals surface area (Å²) in [5.41, 5.74) is 0. The molecule has 0 spiro atoms. The van der Waals surface area contributed by atoms with Gasteiger partial charge < -0.3 is 15.7 Å². The molecular weight excluding hydrogens is 192 g/mol. The van der Waals surface area contributed by atoms with E-state index in [1.54, 1.807) is 0 Å². The normalized spacial score (nSPS) is 35.7. The highest BCUT2D eigenvalue weighted by Crippen LogP contribution is 2.25. The van der Waals surface area contributed by atoms with Gasteiger partial charge in [0.15, 0.2) is 0 Å². The van der Waals surface area contributed by atoms with Crippen LogP contribution in [0.2, 0.25) is 0 Å². The molecule has 0 radical (unpaired) electrons. The number of carbonyl (C=O) groups excluding carboxylic acids is 1. The number of carbonyl (C=O) groups is 1. The molecule has 3 unspecified atom stereocenters. The van der Waals surface area contributed by atoms with E-state index in [4.69, 9.17) is 5.11 Å². The molecule has 1 saturated heterocycles. The molecule has 2 fully saturated rings. The van der Waals surface area contributed by atoms with E-state index in [2.05, 4.69) is 10.6 Å². The summed E-state index contributed by atoms with van der Waals surface area (Å²) in [7, 11) is 0. The van der Waals surface area contributed by atoms with E-state index in [0.717, 1.165) is 38.6 Å². The Bertz CT molecular complexity index is 227. The molecule has 15 heavy (non-hydrogen) atoms. The van der Waals surface area contributed by atoms with E-state index >= 15 is 0 Å². The Hall–Kier alpha value is -0.610. The summed E-state index contributed by atoms with van der Waals surface area (Å²) in [6, 6.07) is 0.204. The van der Waals surface area contributed by atoms with Gasteiger partial charge in [-0.1, -0.05) is 6.42 Å². The van der Waals surface area contributed by atoms with E-state index in [0.29, 0.717) is 0 Å². The maximum atomic E-state index is 11.8. The molecule has 4 nitrogen and oxygen atoms in total. The van der Waals surface area contributed by atoms with Gasteiger partial charge in [-0.3, -0.25) is 4.79 Å². The summed E-state index contributed by atoms with van der Waals surface area (Å²) in [6.45, 7) is 1.15. The van der Waals surface area contributed by atoms with Gasteiger partial charge in [0.2, 0.25) is 5.91 Å². The second kappa shape index (κ2) is 4.94. The summed E-state index contributed by atoms with van der Waals surface area (Å²) in [6.07, 6.45) is 5.21. The molecule has 0 bridgehead atoms. The zero-order chi connectivity index (χ0) is 10.7. The minimum absolute atomic E-state index is 0.00458. The van der Waals surface area contributed by atoms with Gasteiger partial charge in [-0.15, -0.1) is 0 Å². The lowest BCUT2D eigenvalue weighted by Crippen LogP contribution is -2.46. The highest BCUT2D eigenvalue weighted by atomic mass is 16.3. The van der Waals surface area contributed by atoms with Crippen LogP contribution in [0.4, 0.5) is 0 Å². The van der Waals surface area contributed by atoms with Crippen molar-refractivity contribution in [3.63, 3.8) is 0 Å². The molecule has 3 atom stereocenters. The Morgan fingerprint density at radius 3 is 2.87 bits per heavy atom. The Kier molecular flexibility index (Phi) is 3.59. The fourth-order valence-corrected chi connectivity index (χ4v) is 2.64. The van der Waals surface area contributed by atoms with E-state index in [1.165, 1.54) is 0 Å². The van der Waals surface area contributed by atoms with Gasteiger partial charge in [-0.2, -0.15) is 0 Å². The highest BCUT2D eigenvalue weighted by Gasteiger charge is 2.30. The van der Waals surface area contributed by atoms with Gasteiger partial charge in [-0.25, -0.2) is 0 Å². The topological polar surface area (TPSA) is 61.4 Å². The molecule has 1 heterocycles. The SMILES string of the molecule is O=C(NC1CCCC1CO)C1CCCN1. The average Bonchev–Trinajstić information content (AvgIpc) is 2.87. The van der Waals surface area contributed by atoms with Crippen LogP contribution in [0.15, 0.2) is 0 Å². The van der Waals surface area contributed by atoms with E-state index in [9.17, 15) is 4.79 Å². The van der Waals surface area contributed by atoms with Crippen LogP contribution in [0.3, 0.4) is 0 Å². The van der Waals surface area contributed by atoms with Crippen LogP contribution >= 0.6 is 0 Å². The summed E-state index contributed by atoms with van der Waals surface area (Å²) < 4.78 is 0. The van der Waals surface area contributed by atoms with Crippen LogP contribution in [-0.4, -0.2) is 36.2 Å². The minimum atomic E-state index is 0.00458. The monoisotopic (exact) mass is 212 g/mol. The molecule has 4 heteroatoms. The molecule has 2 rings (SSSR count). The van der Waals surface area contributed by atoms with Crippen molar-refractivity contribution in [2.24, 2.45) is 5.92 Å². The predicted octanol–water partition coefficient (Wildman–Crippen LogP) is 0.0156. The van der Waals surface area contributed by atoms with Crippen molar-refractivity contribution in [1.29, 1.82) is 0 Å². The standard InChI is InChI=1S/C11H20N2O2/c14-7-8-3-1-4-9(8)13-11(15)10-5-2-6-12-10/h8-10,12,14H,1-7H2,(H,13,15). The number of rotatable bonds is 3. The smallest absolute Gasteiger partial charge is 0.237 e. The Balaban J connectivity index is 1.82. The number of hydrogen-bond acceptors (Lipinski definition) is 3. The summed E-state index contributed by atoms with van der Waals surface area (Å²) in [5.74, 6) is 0.396. The summed E-state index contributed by atoms with van der Waals surface area (Å²) >= 11 is 0. The van der Waals surface area contributed by atoms with Crippen molar-refractivity contribution in [2.75, 3.05) is 13.2 Å². The Labute approximate surface area is 90.4 Å². The molecule has 1 aliphatic carbocycles. The lowest BCUT2D eigenvalue weighted by molar-refractivity contribution is -0.123. The highest BCUT2D eigenvalue weighted by molar-refractivity contribution is 5.82. The van der Waals surface area contributed by atoms with Crippen molar-refractivity contribution in [2.45, 2.75) is 44.2 Å². The van der Waals surface area contributed by atoms with Crippen LogP contribution in [0, 0.1) is 5.92 Å². The van der Waals surface area contributed by atoms with Gasteiger partial charge in [0, 0.05) is 18.6 Å². The summed E-state index contributed by atoms with van der Waals surface area (Å²) in [5, 5.41) is 15.4. The lowest BCUT2D eigenvalue weighted by atomic mass is 10.0. The van der Waals surface area contributed by atoms with E-state index in [1.807, 2.05) is 0 Å². The number of hydrogen-bond donors (Lipinski definition) is 3. The molecule has 86 valence electrons. The quantitative estimate of drug-likeness (QED) is 0.618. The molecule has 3 N–H and O–H groups in total.